The van der Waals surface area contributed by atoms with Crippen LogP contribution in [0, 0.1) is 0 Å². The molecule has 10 heteroatoms. The third-order valence-corrected chi connectivity index (χ3v) is 5.46. The zero-order chi connectivity index (χ0) is 23.8. The van der Waals surface area contributed by atoms with Gasteiger partial charge >= 0.3 is 6.18 Å². The van der Waals surface area contributed by atoms with Gasteiger partial charge in [-0.25, -0.2) is 5.43 Å². The van der Waals surface area contributed by atoms with E-state index in [1.54, 1.807) is 18.2 Å². The van der Waals surface area contributed by atoms with Gasteiger partial charge in [0.2, 0.25) is 0 Å². The molecule has 0 saturated heterocycles. The minimum atomic E-state index is -4.45. The largest absolute Gasteiger partial charge is 0.488 e. The molecule has 0 aliphatic heterocycles. The van der Waals surface area contributed by atoms with Gasteiger partial charge in [-0.05, 0) is 75.6 Å². The molecule has 1 amide bonds. The molecule has 5 nitrogen and oxygen atoms in total. The van der Waals surface area contributed by atoms with Crippen LogP contribution in [0.5, 0.6) is 5.75 Å². The first kappa shape index (κ1) is 24.8. The normalized spacial score (nSPS) is 11.4. The Bertz CT molecular complexity index is 1140. The number of ether oxygens (including phenoxy) is 1. The Hall–Kier alpha value is -2.85. The van der Waals surface area contributed by atoms with Gasteiger partial charge in [0.15, 0.2) is 0 Å². The Balaban J connectivity index is 1.48. The molecule has 0 heterocycles. The van der Waals surface area contributed by atoms with Crippen molar-refractivity contribution in [2.75, 3.05) is 11.9 Å². The highest BCUT2D eigenvalue weighted by Gasteiger charge is 2.30. The van der Waals surface area contributed by atoms with Gasteiger partial charge in [0.05, 0.1) is 22.8 Å². The molecule has 0 aliphatic rings. The van der Waals surface area contributed by atoms with Crippen LogP contribution in [-0.2, 0) is 17.6 Å². The number of anilines is 1. The van der Waals surface area contributed by atoms with Crippen LogP contribution in [0.1, 0.15) is 16.7 Å². The van der Waals surface area contributed by atoms with E-state index in [1.807, 2.05) is 24.3 Å². The van der Waals surface area contributed by atoms with Crippen LogP contribution in [0.15, 0.2) is 80.8 Å². The summed E-state index contributed by atoms with van der Waals surface area (Å²) in [5.74, 6) is 0.154. The fourth-order valence-electron chi connectivity index (χ4n) is 2.66. The lowest BCUT2D eigenvalue weighted by molar-refractivity contribution is -0.137. The number of nitrogens with one attached hydrogen (secondary N) is 2. The lowest BCUT2D eigenvalue weighted by Gasteiger charge is -2.10. The van der Waals surface area contributed by atoms with E-state index in [4.69, 9.17) is 4.74 Å². The van der Waals surface area contributed by atoms with Gasteiger partial charge < -0.3 is 10.1 Å². The Morgan fingerprint density at radius 3 is 2.48 bits per heavy atom. The van der Waals surface area contributed by atoms with Gasteiger partial charge in [0.25, 0.3) is 5.91 Å². The van der Waals surface area contributed by atoms with E-state index in [0.29, 0.717) is 17.9 Å². The number of halogens is 5. The first-order valence-corrected chi connectivity index (χ1v) is 11.2. The van der Waals surface area contributed by atoms with Crippen molar-refractivity contribution >= 4 is 49.7 Å². The molecule has 0 spiro atoms. The van der Waals surface area contributed by atoms with Crippen LogP contribution in [-0.4, -0.2) is 18.7 Å². The van der Waals surface area contributed by atoms with E-state index in [2.05, 4.69) is 47.7 Å². The number of alkyl halides is 3. The van der Waals surface area contributed by atoms with E-state index >= 15 is 0 Å². The quantitative estimate of drug-likeness (QED) is 0.239. The van der Waals surface area contributed by atoms with Gasteiger partial charge in [-0.1, -0.05) is 34.1 Å². The highest BCUT2D eigenvalue weighted by Crippen LogP contribution is 2.30. The summed E-state index contributed by atoms with van der Waals surface area (Å²) in [6.07, 6.45) is -3.00. The smallest absolute Gasteiger partial charge is 0.416 e. The average Bonchev–Trinajstić information content (AvgIpc) is 2.78. The minimum absolute atomic E-state index is 0.187. The summed E-state index contributed by atoms with van der Waals surface area (Å²) in [4.78, 5) is 11.9. The van der Waals surface area contributed by atoms with Crippen molar-refractivity contribution in [3.8, 4) is 5.75 Å². The zero-order valence-corrected chi connectivity index (χ0v) is 20.2. The molecule has 3 aromatic carbocycles. The first-order chi connectivity index (χ1) is 15.7. The summed E-state index contributed by atoms with van der Waals surface area (Å²) >= 11 is 6.84. The van der Waals surface area contributed by atoms with Gasteiger partial charge in [-0.3, -0.25) is 4.79 Å². The summed E-state index contributed by atoms with van der Waals surface area (Å²) in [6.45, 7) is 0.180. The van der Waals surface area contributed by atoms with Crippen LogP contribution in [0.4, 0.5) is 18.9 Å². The number of carbonyl (C=O) groups is 1. The van der Waals surface area contributed by atoms with Crippen LogP contribution >= 0.6 is 31.9 Å². The summed E-state index contributed by atoms with van der Waals surface area (Å²) < 4.78 is 45.8. The van der Waals surface area contributed by atoms with E-state index < -0.39 is 17.6 Å². The van der Waals surface area contributed by atoms with Crippen molar-refractivity contribution in [3.63, 3.8) is 0 Å². The second-order valence-electron chi connectivity index (χ2n) is 6.83. The van der Waals surface area contributed by atoms with Crippen molar-refractivity contribution in [1.29, 1.82) is 0 Å². The fraction of sp³-hybridized carbons (Fsp3) is 0.130. The molecule has 0 fully saturated rings. The van der Waals surface area contributed by atoms with E-state index in [-0.39, 0.29) is 12.2 Å². The molecule has 0 aliphatic carbocycles. The summed E-state index contributed by atoms with van der Waals surface area (Å²) in [5, 5.41) is 6.51. The van der Waals surface area contributed by atoms with E-state index in [1.165, 1.54) is 18.3 Å². The molecular formula is C23H18Br2F3N3O2. The number of hydrogen-bond donors (Lipinski definition) is 2. The molecule has 172 valence electrons. The van der Waals surface area contributed by atoms with Crippen molar-refractivity contribution in [2.45, 2.75) is 12.8 Å². The summed E-state index contributed by atoms with van der Waals surface area (Å²) in [6, 6.07) is 17.8. The molecule has 0 atom stereocenters. The van der Waals surface area contributed by atoms with Crippen molar-refractivity contribution in [2.24, 2.45) is 5.10 Å². The Labute approximate surface area is 205 Å². The number of amides is 1. The molecule has 3 aromatic rings. The number of carbonyl (C=O) groups excluding carboxylic acids is 1. The van der Waals surface area contributed by atoms with Crippen molar-refractivity contribution < 1.29 is 22.7 Å². The third kappa shape index (κ3) is 7.90. The predicted molar refractivity (Wildman–Crippen MR) is 128 cm³/mol. The predicted octanol–water partition coefficient (Wildman–Crippen LogP) is 6.37. The second kappa shape index (κ2) is 11.3. The van der Waals surface area contributed by atoms with Crippen molar-refractivity contribution in [3.05, 3.63) is 92.4 Å². The molecule has 0 unspecified atom stereocenters. The lowest BCUT2D eigenvalue weighted by atomic mass is 10.2. The maximum Gasteiger partial charge on any atom is 0.416 e. The molecule has 3 rings (SSSR count). The monoisotopic (exact) mass is 583 g/mol. The molecular weight excluding hydrogens is 567 g/mol. The zero-order valence-electron chi connectivity index (χ0n) is 17.0. The van der Waals surface area contributed by atoms with Gasteiger partial charge in [0, 0.05) is 10.2 Å². The van der Waals surface area contributed by atoms with Crippen LogP contribution in [0.25, 0.3) is 0 Å². The molecule has 0 radical (unpaired) electrons. The van der Waals surface area contributed by atoms with Crippen molar-refractivity contribution in [1.82, 2.24) is 5.43 Å². The number of benzene rings is 3. The van der Waals surface area contributed by atoms with Gasteiger partial charge in [0.1, 0.15) is 12.4 Å². The van der Waals surface area contributed by atoms with Crippen LogP contribution in [0.3, 0.4) is 0 Å². The Morgan fingerprint density at radius 1 is 1.03 bits per heavy atom. The Kier molecular flexibility index (Phi) is 8.51. The fourth-order valence-corrected chi connectivity index (χ4v) is 3.44. The molecule has 0 aromatic heterocycles. The topological polar surface area (TPSA) is 62.7 Å². The van der Waals surface area contributed by atoms with E-state index in [0.717, 1.165) is 26.6 Å². The summed E-state index contributed by atoms with van der Waals surface area (Å²) in [7, 11) is 0. The molecule has 0 bridgehead atoms. The van der Waals surface area contributed by atoms with Crippen LogP contribution in [0.2, 0.25) is 0 Å². The minimum Gasteiger partial charge on any atom is -0.488 e. The van der Waals surface area contributed by atoms with Crippen LogP contribution < -0.4 is 15.5 Å². The average molecular weight is 585 g/mol. The highest BCUT2D eigenvalue weighted by atomic mass is 79.9. The molecule has 2 N–H and O–H groups in total. The highest BCUT2D eigenvalue weighted by molar-refractivity contribution is 9.10. The van der Waals surface area contributed by atoms with Gasteiger partial charge in [-0.15, -0.1) is 0 Å². The molecule has 0 saturated carbocycles. The number of hydrazone groups is 1. The number of hydrogen-bond acceptors (Lipinski definition) is 4. The number of nitrogens with zero attached hydrogens (tertiary/aromatic N) is 1. The SMILES string of the molecule is O=C(CNc1cccc(C(F)(F)F)c1)N/N=C\c1ccc(OCc2ccc(Br)cc2)c(Br)c1. The van der Waals surface area contributed by atoms with Gasteiger partial charge in [-0.2, -0.15) is 18.3 Å². The Morgan fingerprint density at radius 2 is 1.79 bits per heavy atom. The standard InChI is InChI=1S/C23H18Br2F3N3O2/c24-18-7-4-15(5-8-18)14-33-21-9-6-16(10-20(21)25)12-30-31-22(32)13-29-19-3-1-2-17(11-19)23(26,27)28/h1-12,29H,13-14H2,(H,31,32)/b30-12-. The van der Waals surface area contributed by atoms with E-state index in [9.17, 15) is 18.0 Å². The summed E-state index contributed by atoms with van der Waals surface area (Å²) in [5.41, 5.74) is 3.46. The first-order valence-electron chi connectivity index (χ1n) is 9.60. The number of rotatable bonds is 8. The lowest BCUT2D eigenvalue weighted by Crippen LogP contribution is -2.26. The third-order valence-electron chi connectivity index (χ3n) is 4.31. The maximum atomic E-state index is 12.7. The maximum absolute atomic E-state index is 12.7. The molecule has 33 heavy (non-hydrogen) atoms. The second-order valence-corrected chi connectivity index (χ2v) is 8.60.